The third kappa shape index (κ3) is 6.31. The van der Waals surface area contributed by atoms with E-state index < -0.39 is 46.2 Å². The molecule has 3 rings (SSSR count). The van der Waals surface area contributed by atoms with Crippen LogP contribution in [-0.2, 0) is 24.3 Å². The molecule has 1 aliphatic carbocycles. The molecule has 7 nitrogen and oxygen atoms in total. The average Bonchev–Trinajstić information content (AvgIpc) is 3.55. The molecular formula is C24H28FNO6S. The first-order chi connectivity index (χ1) is 15.4. The molecule has 0 unspecified atom stereocenters. The molecule has 0 bridgehead atoms. The Hall–Kier alpha value is -2.94. The second-order valence-electron chi connectivity index (χ2n) is 9.07. The van der Waals surface area contributed by atoms with Crippen molar-refractivity contribution in [2.24, 2.45) is 5.92 Å². The fourth-order valence-corrected chi connectivity index (χ4v) is 4.56. The Morgan fingerprint density at radius 1 is 1.06 bits per heavy atom. The number of ether oxygens (including phenoxy) is 2. The number of hydrogen-bond acceptors (Lipinski definition) is 6. The lowest BCUT2D eigenvalue weighted by Gasteiger charge is -2.32. The highest BCUT2D eigenvalue weighted by molar-refractivity contribution is 7.89. The number of amides is 1. The van der Waals surface area contributed by atoms with Gasteiger partial charge < -0.3 is 9.47 Å². The summed E-state index contributed by atoms with van der Waals surface area (Å²) in [4.78, 5) is 25.3. The van der Waals surface area contributed by atoms with E-state index in [2.05, 4.69) is 0 Å². The van der Waals surface area contributed by atoms with Gasteiger partial charge in [-0.15, -0.1) is 0 Å². The van der Waals surface area contributed by atoms with Crippen LogP contribution in [0.1, 0.15) is 50.8 Å². The van der Waals surface area contributed by atoms with E-state index in [1.807, 2.05) is 0 Å². The molecule has 9 heteroatoms. The lowest BCUT2D eigenvalue weighted by Crippen LogP contribution is -2.44. The summed E-state index contributed by atoms with van der Waals surface area (Å²) in [5.41, 5.74) is 0.128. The van der Waals surface area contributed by atoms with Crippen LogP contribution < -0.4 is 0 Å². The first-order valence-electron chi connectivity index (χ1n) is 10.6. The molecule has 178 valence electrons. The van der Waals surface area contributed by atoms with Crippen molar-refractivity contribution < 1.29 is 31.9 Å². The molecule has 0 aromatic heterocycles. The van der Waals surface area contributed by atoms with Gasteiger partial charge in [0.25, 0.3) is 10.0 Å². The predicted octanol–water partition coefficient (Wildman–Crippen LogP) is 4.75. The minimum Gasteiger partial charge on any atom is -0.463 e. The van der Waals surface area contributed by atoms with Crippen molar-refractivity contribution in [1.29, 1.82) is 0 Å². The summed E-state index contributed by atoms with van der Waals surface area (Å²) in [6.07, 6.45) is 0.287. The van der Waals surface area contributed by atoms with Crippen LogP contribution in [0.25, 0.3) is 0 Å². The number of carbonyl (C=O) groups excluding carboxylic acids is 2. The van der Waals surface area contributed by atoms with E-state index in [9.17, 15) is 22.4 Å². The van der Waals surface area contributed by atoms with Crippen molar-refractivity contribution >= 4 is 22.1 Å². The summed E-state index contributed by atoms with van der Waals surface area (Å²) in [7, 11) is -4.43. The number of nitrogens with zero attached hydrogens (tertiary/aromatic N) is 1. The molecule has 1 atom stereocenters. The molecule has 2 aromatic rings. The van der Waals surface area contributed by atoms with Gasteiger partial charge in [0.2, 0.25) is 0 Å². The van der Waals surface area contributed by atoms with E-state index in [-0.39, 0.29) is 16.4 Å². The summed E-state index contributed by atoms with van der Waals surface area (Å²) in [6, 6.07) is 9.75. The number of halogens is 1. The maximum atomic E-state index is 13.7. The second kappa shape index (κ2) is 9.51. The van der Waals surface area contributed by atoms with E-state index in [1.165, 1.54) is 24.3 Å². The van der Waals surface area contributed by atoms with Crippen molar-refractivity contribution in [3.63, 3.8) is 0 Å². The quantitative estimate of drug-likeness (QED) is 0.535. The number of rotatable bonds is 7. The van der Waals surface area contributed by atoms with Gasteiger partial charge in [-0.1, -0.05) is 29.8 Å². The SMILES string of the molecule is Cc1ccc(S(=O)(=O)N(C(=O)OC(C)(C)C)[C@@H](COC(=O)C2CC2)c2ccc(F)cc2)cc1. The zero-order chi connectivity index (χ0) is 24.4. The zero-order valence-electron chi connectivity index (χ0n) is 19.1. The monoisotopic (exact) mass is 477 g/mol. The number of hydrogen-bond donors (Lipinski definition) is 0. The number of aryl methyl sites for hydroxylation is 1. The zero-order valence-corrected chi connectivity index (χ0v) is 19.9. The van der Waals surface area contributed by atoms with E-state index in [1.54, 1.807) is 39.8 Å². The Balaban J connectivity index is 2.08. The molecule has 0 spiro atoms. The Morgan fingerprint density at radius 3 is 2.15 bits per heavy atom. The van der Waals surface area contributed by atoms with Gasteiger partial charge in [0, 0.05) is 0 Å². The van der Waals surface area contributed by atoms with Crippen LogP contribution in [0.3, 0.4) is 0 Å². The van der Waals surface area contributed by atoms with Gasteiger partial charge >= 0.3 is 12.1 Å². The third-order valence-corrected chi connectivity index (χ3v) is 6.77. The van der Waals surface area contributed by atoms with Crippen LogP contribution in [0.15, 0.2) is 53.4 Å². The average molecular weight is 478 g/mol. The van der Waals surface area contributed by atoms with Gasteiger partial charge in [-0.2, -0.15) is 4.31 Å². The van der Waals surface area contributed by atoms with Gasteiger partial charge in [0.15, 0.2) is 0 Å². The predicted molar refractivity (Wildman–Crippen MR) is 119 cm³/mol. The molecule has 0 radical (unpaired) electrons. The van der Waals surface area contributed by atoms with Crippen LogP contribution in [0.5, 0.6) is 0 Å². The minimum atomic E-state index is -4.43. The van der Waals surface area contributed by atoms with Crippen LogP contribution in [-0.4, -0.2) is 37.0 Å². The normalized spacial score (nSPS) is 14.9. The van der Waals surface area contributed by atoms with Gasteiger partial charge in [0.1, 0.15) is 24.1 Å². The summed E-state index contributed by atoms with van der Waals surface area (Å²) >= 11 is 0. The molecular weight excluding hydrogens is 449 g/mol. The van der Waals surface area contributed by atoms with Crippen LogP contribution in [0.4, 0.5) is 9.18 Å². The fraction of sp³-hybridized carbons (Fsp3) is 0.417. The molecule has 2 aromatic carbocycles. The van der Waals surface area contributed by atoms with E-state index >= 15 is 0 Å². The molecule has 0 saturated heterocycles. The molecule has 1 amide bonds. The van der Waals surface area contributed by atoms with Gasteiger partial charge in [-0.3, -0.25) is 4.79 Å². The van der Waals surface area contributed by atoms with Crippen molar-refractivity contribution in [3.05, 3.63) is 65.5 Å². The number of sulfonamides is 1. The van der Waals surface area contributed by atoms with Gasteiger partial charge in [-0.05, 0) is 70.4 Å². The maximum absolute atomic E-state index is 13.7. The third-order valence-electron chi connectivity index (χ3n) is 4.98. The van der Waals surface area contributed by atoms with Crippen molar-refractivity contribution in [1.82, 2.24) is 4.31 Å². The number of benzene rings is 2. The van der Waals surface area contributed by atoms with E-state index in [4.69, 9.17) is 9.47 Å². The second-order valence-corrected chi connectivity index (χ2v) is 10.9. The van der Waals surface area contributed by atoms with Crippen LogP contribution in [0, 0.1) is 18.7 Å². The molecule has 1 saturated carbocycles. The Morgan fingerprint density at radius 2 is 1.64 bits per heavy atom. The number of carbonyl (C=O) groups is 2. The summed E-state index contributed by atoms with van der Waals surface area (Å²) in [5.74, 6) is -1.21. The Kier molecular flexibility index (Phi) is 7.11. The van der Waals surface area contributed by atoms with E-state index in [0.717, 1.165) is 17.7 Å². The fourth-order valence-electron chi connectivity index (χ4n) is 3.11. The standard InChI is InChI=1S/C24H28FNO6S/c1-16-5-13-20(14-6-16)33(29,30)26(23(28)32-24(2,3)4)21(15-31-22(27)18-7-8-18)17-9-11-19(25)12-10-17/h5-6,9-14,18,21H,7-8,15H2,1-4H3/t21-/m0/s1. The largest absolute Gasteiger partial charge is 0.463 e. The Bertz CT molecular complexity index is 1100. The van der Waals surface area contributed by atoms with Crippen molar-refractivity contribution in [3.8, 4) is 0 Å². The van der Waals surface area contributed by atoms with Crippen molar-refractivity contribution in [2.45, 2.75) is 57.1 Å². The molecule has 1 aliphatic rings. The molecule has 0 heterocycles. The van der Waals surface area contributed by atoms with Crippen molar-refractivity contribution in [2.75, 3.05) is 6.61 Å². The minimum absolute atomic E-state index is 0.125. The maximum Gasteiger partial charge on any atom is 0.425 e. The summed E-state index contributed by atoms with van der Waals surface area (Å²) < 4.78 is 52.3. The highest BCUT2D eigenvalue weighted by Crippen LogP contribution is 2.33. The smallest absolute Gasteiger partial charge is 0.425 e. The summed E-state index contributed by atoms with van der Waals surface area (Å²) in [5, 5.41) is 0. The molecule has 1 fully saturated rings. The molecule has 0 aliphatic heterocycles. The molecule has 33 heavy (non-hydrogen) atoms. The summed E-state index contributed by atoms with van der Waals surface area (Å²) in [6.45, 7) is 6.22. The van der Waals surface area contributed by atoms with Crippen LogP contribution >= 0.6 is 0 Å². The van der Waals surface area contributed by atoms with E-state index in [0.29, 0.717) is 17.1 Å². The van der Waals surface area contributed by atoms with Crippen LogP contribution in [0.2, 0.25) is 0 Å². The highest BCUT2D eigenvalue weighted by atomic mass is 32.2. The first kappa shape index (κ1) is 24.7. The Labute approximate surface area is 193 Å². The topological polar surface area (TPSA) is 90.0 Å². The lowest BCUT2D eigenvalue weighted by molar-refractivity contribution is -0.146. The number of esters is 1. The highest BCUT2D eigenvalue weighted by Gasteiger charge is 2.41. The lowest BCUT2D eigenvalue weighted by atomic mass is 10.1. The first-order valence-corrected chi connectivity index (χ1v) is 12.1. The van der Waals surface area contributed by atoms with Gasteiger partial charge in [-0.25, -0.2) is 17.6 Å². The van der Waals surface area contributed by atoms with Gasteiger partial charge in [0.05, 0.1) is 10.8 Å². The molecule has 0 N–H and O–H groups in total.